The lowest BCUT2D eigenvalue weighted by atomic mass is 9.81. The summed E-state index contributed by atoms with van der Waals surface area (Å²) in [5, 5.41) is 0. The Kier molecular flexibility index (Phi) is 4.45. The first-order chi connectivity index (χ1) is 8.05. The molecular weight excluding hydrogens is 206 g/mol. The molecule has 0 amide bonds. The molecule has 0 saturated heterocycles. The van der Waals surface area contributed by atoms with Gasteiger partial charge in [0, 0.05) is 6.21 Å². The number of allylic oxidation sites excluding steroid dienone is 1. The molecule has 0 fully saturated rings. The summed E-state index contributed by atoms with van der Waals surface area (Å²) in [7, 11) is 0. The molecule has 0 heterocycles. The maximum Gasteiger partial charge on any atom is 0.0701 e. The quantitative estimate of drug-likeness (QED) is 0.634. The first-order valence-corrected chi connectivity index (χ1v) is 5.97. The number of hydrogen-bond acceptors (Lipinski definition) is 1. The van der Waals surface area contributed by atoms with Crippen LogP contribution in [0.2, 0.25) is 0 Å². The molecule has 0 aliphatic rings. The lowest BCUT2D eigenvalue weighted by molar-refractivity contribution is 0.506. The number of aliphatic imine (C=N–C) groups is 1. The van der Waals surface area contributed by atoms with Gasteiger partial charge in [-0.25, -0.2) is 0 Å². The molecule has 1 rings (SSSR count). The van der Waals surface area contributed by atoms with Crippen molar-refractivity contribution in [3.63, 3.8) is 0 Å². The topological polar surface area (TPSA) is 12.4 Å². The highest BCUT2D eigenvalue weighted by molar-refractivity contribution is 5.76. The van der Waals surface area contributed by atoms with Gasteiger partial charge in [-0.2, -0.15) is 0 Å². The lowest BCUT2D eigenvalue weighted by Gasteiger charge is -2.24. The molecule has 0 bridgehead atoms. The summed E-state index contributed by atoms with van der Waals surface area (Å²) in [4.78, 5) is 4.33. The SMILES string of the molecule is C=CC=Nc1ccc(C(C)(C)CC)cc1C=C. The molecule has 0 saturated carbocycles. The smallest absolute Gasteiger partial charge is 0.0701 e. The molecule has 1 aromatic rings. The highest BCUT2D eigenvalue weighted by Gasteiger charge is 2.18. The summed E-state index contributed by atoms with van der Waals surface area (Å²) in [6.07, 6.45) is 6.34. The minimum atomic E-state index is 0.193. The van der Waals surface area contributed by atoms with Gasteiger partial charge in [-0.15, -0.1) is 0 Å². The zero-order chi connectivity index (χ0) is 12.9. The molecule has 0 aliphatic carbocycles. The molecule has 0 spiro atoms. The van der Waals surface area contributed by atoms with E-state index < -0.39 is 0 Å². The molecule has 1 heteroatoms. The van der Waals surface area contributed by atoms with Crippen molar-refractivity contribution in [2.45, 2.75) is 32.6 Å². The Morgan fingerprint density at radius 1 is 1.29 bits per heavy atom. The van der Waals surface area contributed by atoms with Crippen LogP contribution < -0.4 is 0 Å². The molecule has 17 heavy (non-hydrogen) atoms. The maximum atomic E-state index is 4.33. The monoisotopic (exact) mass is 227 g/mol. The van der Waals surface area contributed by atoms with Crippen LogP contribution in [0.1, 0.15) is 38.3 Å². The largest absolute Gasteiger partial charge is 0.256 e. The Morgan fingerprint density at radius 2 is 2.00 bits per heavy atom. The van der Waals surface area contributed by atoms with Crippen LogP contribution >= 0.6 is 0 Å². The van der Waals surface area contributed by atoms with E-state index in [2.05, 4.69) is 51.1 Å². The highest BCUT2D eigenvalue weighted by atomic mass is 14.7. The minimum Gasteiger partial charge on any atom is -0.256 e. The Hall–Kier alpha value is -1.63. The minimum absolute atomic E-state index is 0.193. The van der Waals surface area contributed by atoms with Crippen molar-refractivity contribution >= 4 is 18.0 Å². The molecule has 0 radical (unpaired) electrons. The average molecular weight is 227 g/mol. The molecule has 1 aromatic carbocycles. The lowest BCUT2D eigenvalue weighted by Crippen LogP contribution is -2.15. The van der Waals surface area contributed by atoms with Crippen LogP contribution in [-0.2, 0) is 5.41 Å². The van der Waals surface area contributed by atoms with E-state index in [1.807, 2.05) is 12.1 Å². The maximum absolute atomic E-state index is 4.33. The zero-order valence-corrected chi connectivity index (χ0v) is 11.0. The van der Waals surface area contributed by atoms with E-state index in [-0.39, 0.29) is 5.41 Å². The second kappa shape index (κ2) is 5.62. The molecule has 90 valence electrons. The third-order valence-corrected chi connectivity index (χ3v) is 3.23. The van der Waals surface area contributed by atoms with E-state index in [1.165, 1.54) is 5.56 Å². The predicted octanol–water partition coefficient (Wildman–Crippen LogP) is 4.91. The fourth-order valence-electron chi connectivity index (χ4n) is 1.59. The van der Waals surface area contributed by atoms with Crippen LogP contribution in [-0.4, -0.2) is 6.21 Å². The summed E-state index contributed by atoms with van der Waals surface area (Å²) in [6, 6.07) is 6.36. The third kappa shape index (κ3) is 3.16. The van der Waals surface area contributed by atoms with E-state index in [4.69, 9.17) is 0 Å². The van der Waals surface area contributed by atoms with Gasteiger partial charge in [0.05, 0.1) is 5.69 Å². The van der Waals surface area contributed by atoms with Crippen LogP contribution in [0.5, 0.6) is 0 Å². The van der Waals surface area contributed by atoms with Crippen molar-refractivity contribution in [3.8, 4) is 0 Å². The van der Waals surface area contributed by atoms with Gasteiger partial charge in [0.15, 0.2) is 0 Å². The standard InChI is InChI=1S/C16H21N/c1-6-11-17-15-10-9-14(12-13(15)7-2)16(4,5)8-3/h6-7,9-12H,1-2,8H2,3-5H3. The van der Waals surface area contributed by atoms with Crippen LogP contribution in [0.25, 0.3) is 6.08 Å². The van der Waals surface area contributed by atoms with Crippen LogP contribution in [0, 0.1) is 0 Å². The van der Waals surface area contributed by atoms with Crippen molar-refractivity contribution < 1.29 is 0 Å². The van der Waals surface area contributed by atoms with Crippen molar-refractivity contribution in [3.05, 3.63) is 48.6 Å². The first kappa shape index (κ1) is 13.4. The van der Waals surface area contributed by atoms with Gasteiger partial charge < -0.3 is 0 Å². The molecule has 0 unspecified atom stereocenters. The van der Waals surface area contributed by atoms with Gasteiger partial charge in [0.2, 0.25) is 0 Å². The van der Waals surface area contributed by atoms with Crippen LogP contribution in [0.4, 0.5) is 5.69 Å². The summed E-state index contributed by atoms with van der Waals surface area (Å²) >= 11 is 0. The Labute approximate surface area is 105 Å². The molecule has 0 aromatic heterocycles. The predicted molar refractivity (Wildman–Crippen MR) is 78.2 cm³/mol. The number of nitrogens with zero attached hydrogens (tertiary/aromatic N) is 1. The average Bonchev–Trinajstić information content (AvgIpc) is 2.35. The third-order valence-electron chi connectivity index (χ3n) is 3.23. The highest BCUT2D eigenvalue weighted by Crippen LogP contribution is 2.31. The first-order valence-electron chi connectivity index (χ1n) is 5.97. The second-order valence-corrected chi connectivity index (χ2v) is 4.73. The number of hydrogen-bond donors (Lipinski definition) is 0. The van der Waals surface area contributed by atoms with Crippen molar-refractivity contribution in [1.82, 2.24) is 0 Å². The Morgan fingerprint density at radius 3 is 2.53 bits per heavy atom. The van der Waals surface area contributed by atoms with Gasteiger partial charge in [0.1, 0.15) is 0 Å². The molecular formula is C16H21N. The van der Waals surface area contributed by atoms with E-state index in [0.29, 0.717) is 0 Å². The number of rotatable bonds is 5. The van der Waals surface area contributed by atoms with Gasteiger partial charge in [-0.1, -0.05) is 52.1 Å². The summed E-state index contributed by atoms with van der Waals surface area (Å²) in [6.45, 7) is 14.2. The van der Waals surface area contributed by atoms with Gasteiger partial charge in [0.25, 0.3) is 0 Å². The van der Waals surface area contributed by atoms with Gasteiger partial charge in [-0.3, -0.25) is 4.99 Å². The second-order valence-electron chi connectivity index (χ2n) is 4.73. The zero-order valence-electron chi connectivity index (χ0n) is 11.0. The van der Waals surface area contributed by atoms with Crippen molar-refractivity contribution in [2.24, 2.45) is 4.99 Å². The molecule has 0 aliphatic heterocycles. The molecule has 1 nitrogen and oxygen atoms in total. The summed E-state index contributed by atoms with van der Waals surface area (Å²) in [5.74, 6) is 0. The summed E-state index contributed by atoms with van der Waals surface area (Å²) in [5.41, 5.74) is 3.53. The van der Waals surface area contributed by atoms with Gasteiger partial charge in [-0.05, 0) is 35.1 Å². The van der Waals surface area contributed by atoms with E-state index in [1.54, 1.807) is 12.3 Å². The van der Waals surface area contributed by atoms with E-state index in [9.17, 15) is 0 Å². The normalized spacial score (nSPS) is 11.7. The van der Waals surface area contributed by atoms with Crippen LogP contribution in [0.3, 0.4) is 0 Å². The van der Waals surface area contributed by atoms with Crippen molar-refractivity contribution in [2.75, 3.05) is 0 Å². The van der Waals surface area contributed by atoms with Gasteiger partial charge >= 0.3 is 0 Å². The number of benzene rings is 1. The van der Waals surface area contributed by atoms with E-state index >= 15 is 0 Å². The molecule has 0 atom stereocenters. The molecule has 0 N–H and O–H groups in total. The fourth-order valence-corrected chi connectivity index (χ4v) is 1.59. The summed E-state index contributed by atoms with van der Waals surface area (Å²) < 4.78 is 0. The van der Waals surface area contributed by atoms with Crippen molar-refractivity contribution in [1.29, 1.82) is 0 Å². The van der Waals surface area contributed by atoms with Crippen LogP contribution in [0.15, 0.2) is 42.4 Å². The Bertz CT molecular complexity index is 439. The fraction of sp³-hybridized carbons (Fsp3) is 0.312. The Balaban J connectivity index is 3.21. The van der Waals surface area contributed by atoms with E-state index in [0.717, 1.165) is 17.7 Å².